The summed E-state index contributed by atoms with van der Waals surface area (Å²) in [5.74, 6) is -0.415. The van der Waals surface area contributed by atoms with Gasteiger partial charge in [-0.05, 0) is 35.9 Å². The van der Waals surface area contributed by atoms with Gasteiger partial charge in [0, 0.05) is 30.5 Å². The number of hydrogen-bond donors (Lipinski definition) is 2. The van der Waals surface area contributed by atoms with Gasteiger partial charge in [-0.1, -0.05) is 18.2 Å². The molecule has 0 fully saturated rings. The van der Waals surface area contributed by atoms with Crippen molar-refractivity contribution in [3.8, 4) is 0 Å². The Kier molecular flexibility index (Phi) is 3.71. The molecule has 4 N–H and O–H groups in total. The highest BCUT2D eigenvalue weighted by Crippen LogP contribution is 2.19. The first-order chi connectivity index (χ1) is 9.08. The van der Waals surface area contributed by atoms with Crippen LogP contribution in [0, 0.1) is 0 Å². The largest absolute Gasteiger partial charge is 0.398 e. The van der Waals surface area contributed by atoms with Crippen LogP contribution in [0.3, 0.4) is 0 Å². The van der Waals surface area contributed by atoms with Crippen LogP contribution in [0.15, 0.2) is 48.5 Å². The summed E-state index contributed by atoms with van der Waals surface area (Å²) in [6.07, 6.45) is 0. The van der Waals surface area contributed by atoms with Crippen molar-refractivity contribution in [2.45, 2.75) is 6.54 Å². The number of nitrogens with zero attached hydrogens (tertiary/aromatic N) is 1. The van der Waals surface area contributed by atoms with Crippen molar-refractivity contribution in [3.63, 3.8) is 0 Å². The summed E-state index contributed by atoms with van der Waals surface area (Å²) >= 11 is 0. The zero-order valence-electron chi connectivity index (χ0n) is 10.8. The molecular formula is C15H17N3O. The Bertz CT molecular complexity index is 578. The number of nitrogens with two attached hydrogens (primary N) is 2. The minimum atomic E-state index is -0.415. The van der Waals surface area contributed by atoms with Crippen molar-refractivity contribution >= 4 is 17.3 Å². The lowest BCUT2D eigenvalue weighted by Crippen LogP contribution is -2.17. The first kappa shape index (κ1) is 13.0. The van der Waals surface area contributed by atoms with E-state index in [4.69, 9.17) is 11.5 Å². The molecule has 2 rings (SSSR count). The normalized spacial score (nSPS) is 10.2. The highest BCUT2D eigenvalue weighted by atomic mass is 16.1. The number of rotatable bonds is 4. The van der Waals surface area contributed by atoms with Gasteiger partial charge >= 0.3 is 0 Å². The second-order valence-corrected chi connectivity index (χ2v) is 4.47. The number of amides is 1. The van der Waals surface area contributed by atoms with Gasteiger partial charge < -0.3 is 16.4 Å². The molecule has 0 aliphatic heterocycles. The van der Waals surface area contributed by atoms with Gasteiger partial charge in [0.15, 0.2) is 0 Å². The Balaban J connectivity index is 2.14. The van der Waals surface area contributed by atoms with E-state index in [1.54, 1.807) is 12.1 Å². The van der Waals surface area contributed by atoms with Crippen LogP contribution in [0.1, 0.15) is 15.9 Å². The van der Waals surface area contributed by atoms with Gasteiger partial charge in [-0.3, -0.25) is 4.79 Å². The molecule has 98 valence electrons. The molecule has 0 unspecified atom stereocenters. The highest BCUT2D eigenvalue weighted by molar-refractivity contribution is 5.93. The number of carbonyl (C=O) groups excluding carboxylic acids is 1. The number of nitrogen functional groups attached to an aromatic ring is 1. The fraction of sp³-hybridized carbons (Fsp3) is 0.133. The van der Waals surface area contributed by atoms with E-state index in [-0.39, 0.29) is 0 Å². The summed E-state index contributed by atoms with van der Waals surface area (Å²) in [7, 11) is 1.98. The van der Waals surface area contributed by atoms with E-state index in [1.165, 1.54) is 0 Å². The van der Waals surface area contributed by atoms with Gasteiger partial charge in [-0.2, -0.15) is 0 Å². The molecule has 0 spiro atoms. The molecule has 0 aliphatic rings. The van der Waals surface area contributed by atoms with E-state index >= 15 is 0 Å². The molecule has 1 amide bonds. The molecule has 0 atom stereocenters. The van der Waals surface area contributed by atoms with Crippen molar-refractivity contribution < 1.29 is 4.79 Å². The minimum Gasteiger partial charge on any atom is -0.398 e. The Labute approximate surface area is 112 Å². The SMILES string of the molecule is CN(Cc1ccccc1N)c1ccc(C(N)=O)cc1. The van der Waals surface area contributed by atoms with Crippen molar-refractivity contribution in [2.75, 3.05) is 17.7 Å². The fourth-order valence-electron chi connectivity index (χ4n) is 1.91. The smallest absolute Gasteiger partial charge is 0.248 e. The molecule has 2 aromatic carbocycles. The maximum atomic E-state index is 11.0. The predicted molar refractivity (Wildman–Crippen MR) is 77.9 cm³/mol. The molecule has 0 saturated heterocycles. The second-order valence-electron chi connectivity index (χ2n) is 4.47. The van der Waals surface area contributed by atoms with E-state index in [0.717, 1.165) is 16.9 Å². The van der Waals surface area contributed by atoms with Crippen LogP contribution in [0.4, 0.5) is 11.4 Å². The van der Waals surface area contributed by atoms with E-state index in [9.17, 15) is 4.79 Å². The molecule has 0 aliphatic carbocycles. The number of hydrogen-bond acceptors (Lipinski definition) is 3. The Morgan fingerprint density at radius 3 is 2.32 bits per heavy atom. The molecule has 0 saturated carbocycles. The van der Waals surface area contributed by atoms with Crippen LogP contribution in [-0.2, 0) is 6.54 Å². The van der Waals surface area contributed by atoms with Crippen LogP contribution in [0.5, 0.6) is 0 Å². The molecule has 0 aromatic heterocycles. The number of primary amides is 1. The quantitative estimate of drug-likeness (QED) is 0.821. The molecule has 4 nitrogen and oxygen atoms in total. The lowest BCUT2D eigenvalue weighted by Gasteiger charge is -2.20. The highest BCUT2D eigenvalue weighted by Gasteiger charge is 2.06. The maximum absolute atomic E-state index is 11.0. The number of para-hydroxylation sites is 1. The standard InChI is InChI=1S/C15H17N3O/c1-18(10-12-4-2-3-5-14(12)16)13-8-6-11(7-9-13)15(17)19/h2-9H,10,16H2,1H3,(H2,17,19). The van der Waals surface area contributed by atoms with E-state index in [0.29, 0.717) is 12.1 Å². The Morgan fingerprint density at radius 2 is 1.74 bits per heavy atom. The van der Waals surface area contributed by atoms with E-state index in [2.05, 4.69) is 4.90 Å². The van der Waals surface area contributed by atoms with Crippen molar-refractivity contribution in [1.29, 1.82) is 0 Å². The molecule has 0 bridgehead atoms. The third kappa shape index (κ3) is 3.04. The number of carbonyl (C=O) groups is 1. The number of benzene rings is 2. The first-order valence-corrected chi connectivity index (χ1v) is 6.02. The lowest BCUT2D eigenvalue weighted by atomic mass is 10.1. The summed E-state index contributed by atoms with van der Waals surface area (Å²) in [5.41, 5.74) is 14.5. The molecule has 0 heterocycles. The van der Waals surface area contributed by atoms with Crippen LogP contribution in [-0.4, -0.2) is 13.0 Å². The molecule has 2 aromatic rings. The van der Waals surface area contributed by atoms with Crippen molar-refractivity contribution in [1.82, 2.24) is 0 Å². The van der Waals surface area contributed by atoms with E-state index < -0.39 is 5.91 Å². The van der Waals surface area contributed by atoms with Crippen LogP contribution in [0.2, 0.25) is 0 Å². The summed E-state index contributed by atoms with van der Waals surface area (Å²) in [6.45, 7) is 0.711. The summed E-state index contributed by atoms with van der Waals surface area (Å²) < 4.78 is 0. The third-order valence-electron chi connectivity index (χ3n) is 3.06. The fourth-order valence-corrected chi connectivity index (χ4v) is 1.91. The predicted octanol–water partition coefficient (Wildman–Crippen LogP) is 2.00. The minimum absolute atomic E-state index is 0.415. The molecule has 0 radical (unpaired) electrons. The van der Waals surface area contributed by atoms with Crippen molar-refractivity contribution in [3.05, 3.63) is 59.7 Å². The lowest BCUT2D eigenvalue weighted by molar-refractivity contribution is 0.100. The first-order valence-electron chi connectivity index (χ1n) is 6.02. The average Bonchev–Trinajstić information content (AvgIpc) is 2.41. The van der Waals surface area contributed by atoms with Gasteiger partial charge in [0.05, 0.1) is 0 Å². The monoisotopic (exact) mass is 255 g/mol. The van der Waals surface area contributed by atoms with Gasteiger partial charge in [-0.15, -0.1) is 0 Å². The average molecular weight is 255 g/mol. The molecular weight excluding hydrogens is 238 g/mol. The van der Waals surface area contributed by atoms with Crippen LogP contribution < -0.4 is 16.4 Å². The zero-order chi connectivity index (χ0) is 13.8. The van der Waals surface area contributed by atoms with Crippen molar-refractivity contribution in [2.24, 2.45) is 5.73 Å². The summed E-state index contributed by atoms with van der Waals surface area (Å²) in [6, 6.07) is 15.0. The van der Waals surface area contributed by atoms with Crippen LogP contribution >= 0.6 is 0 Å². The van der Waals surface area contributed by atoms with Crippen LogP contribution in [0.25, 0.3) is 0 Å². The zero-order valence-corrected chi connectivity index (χ0v) is 10.8. The number of anilines is 2. The van der Waals surface area contributed by atoms with Gasteiger partial charge in [0.25, 0.3) is 0 Å². The van der Waals surface area contributed by atoms with Gasteiger partial charge in [0.1, 0.15) is 0 Å². The Hall–Kier alpha value is -2.49. The third-order valence-corrected chi connectivity index (χ3v) is 3.06. The summed E-state index contributed by atoms with van der Waals surface area (Å²) in [5, 5.41) is 0. The molecule has 4 heteroatoms. The van der Waals surface area contributed by atoms with Gasteiger partial charge in [-0.25, -0.2) is 0 Å². The van der Waals surface area contributed by atoms with Gasteiger partial charge in [0.2, 0.25) is 5.91 Å². The maximum Gasteiger partial charge on any atom is 0.248 e. The van der Waals surface area contributed by atoms with E-state index in [1.807, 2.05) is 43.4 Å². The topological polar surface area (TPSA) is 72.3 Å². The summed E-state index contributed by atoms with van der Waals surface area (Å²) in [4.78, 5) is 13.1. The Morgan fingerprint density at radius 1 is 1.11 bits per heavy atom. The molecule has 19 heavy (non-hydrogen) atoms. The second kappa shape index (κ2) is 5.44.